The third-order valence-corrected chi connectivity index (χ3v) is 3.39. The molecule has 0 radical (unpaired) electrons. The summed E-state index contributed by atoms with van der Waals surface area (Å²) in [5.74, 6) is -2.26. The van der Waals surface area contributed by atoms with Crippen molar-refractivity contribution in [2.75, 3.05) is 6.54 Å². The van der Waals surface area contributed by atoms with Crippen LogP contribution >= 0.6 is 0 Å². The van der Waals surface area contributed by atoms with Crippen molar-refractivity contribution in [1.82, 2.24) is 0 Å². The zero-order chi connectivity index (χ0) is 14.7. The number of benzene rings is 2. The van der Waals surface area contributed by atoms with Gasteiger partial charge < -0.3 is 10.8 Å². The van der Waals surface area contributed by atoms with E-state index in [-0.39, 0.29) is 12.5 Å². The second-order valence-corrected chi connectivity index (χ2v) is 4.87. The Morgan fingerprint density at radius 3 is 2.40 bits per heavy atom. The van der Waals surface area contributed by atoms with Crippen LogP contribution in [0.3, 0.4) is 0 Å². The molecule has 20 heavy (non-hydrogen) atoms. The summed E-state index contributed by atoms with van der Waals surface area (Å²) in [5, 5.41) is 10.4. The van der Waals surface area contributed by atoms with Crippen LogP contribution in [-0.4, -0.2) is 11.7 Å². The topological polar surface area (TPSA) is 46.2 Å². The van der Waals surface area contributed by atoms with Gasteiger partial charge in [0.15, 0.2) is 11.6 Å². The molecule has 0 amide bonds. The second-order valence-electron chi connectivity index (χ2n) is 4.87. The molecule has 2 aromatic rings. The van der Waals surface area contributed by atoms with E-state index in [4.69, 9.17) is 5.73 Å². The molecule has 0 fully saturated rings. The molecule has 2 aromatic carbocycles. The molecule has 0 aliphatic rings. The van der Waals surface area contributed by atoms with Gasteiger partial charge in [-0.25, -0.2) is 8.78 Å². The van der Waals surface area contributed by atoms with Crippen LogP contribution in [0.1, 0.15) is 28.7 Å². The first-order valence-electron chi connectivity index (χ1n) is 6.42. The van der Waals surface area contributed by atoms with Crippen LogP contribution in [0.15, 0.2) is 42.5 Å². The average Bonchev–Trinajstić information content (AvgIpc) is 2.42. The summed E-state index contributed by atoms with van der Waals surface area (Å²) in [6.07, 6.45) is -0.975. The highest BCUT2D eigenvalue weighted by Gasteiger charge is 2.22. The normalized spacial score (nSPS) is 14.1. The molecule has 0 aliphatic heterocycles. The smallest absolute Gasteiger partial charge is 0.159 e. The van der Waals surface area contributed by atoms with Gasteiger partial charge in [-0.15, -0.1) is 0 Å². The highest BCUT2D eigenvalue weighted by atomic mass is 19.2. The third kappa shape index (κ3) is 3.03. The van der Waals surface area contributed by atoms with E-state index < -0.39 is 17.7 Å². The van der Waals surface area contributed by atoms with Crippen molar-refractivity contribution < 1.29 is 13.9 Å². The number of halogens is 2. The maximum absolute atomic E-state index is 13.3. The lowest BCUT2D eigenvalue weighted by atomic mass is 9.88. The van der Waals surface area contributed by atoms with Gasteiger partial charge in [0.25, 0.3) is 0 Å². The number of aliphatic hydroxyl groups excluding tert-OH is 1. The molecule has 2 atom stereocenters. The molecule has 2 nitrogen and oxygen atoms in total. The van der Waals surface area contributed by atoms with E-state index in [1.165, 1.54) is 6.07 Å². The predicted octanol–water partition coefficient (Wildman–Crippen LogP) is 3.05. The maximum Gasteiger partial charge on any atom is 0.159 e. The molecule has 0 bridgehead atoms. The second kappa shape index (κ2) is 6.11. The summed E-state index contributed by atoms with van der Waals surface area (Å²) in [4.78, 5) is 0. The third-order valence-electron chi connectivity index (χ3n) is 3.39. The van der Waals surface area contributed by atoms with Gasteiger partial charge in [-0.3, -0.25) is 0 Å². The summed E-state index contributed by atoms with van der Waals surface area (Å²) in [5.41, 5.74) is 7.99. The minimum Gasteiger partial charge on any atom is -0.388 e. The van der Waals surface area contributed by atoms with Crippen LogP contribution in [0.25, 0.3) is 0 Å². The van der Waals surface area contributed by atoms with Crippen molar-refractivity contribution in [1.29, 1.82) is 0 Å². The van der Waals surface area contributed by atoms with E-state index in [0.717, 1.165) is 23.3 Å². The maximum atomic E-state index is 13.3. The number of nitrogens with two attached hydrogens (primary N) is 1. The molecule has 0 aliphatic carbocycles. The van der Waals surface area contributed by atoms with Crippen molar-refractivity contribution in [3.63, 3.8) is 0 Å². The zero-order valence-corrected chi connectivity index (χ0v) is 11.2. The van der Waals surface area contributed by atoms with Gasteiger partial charge in [0, 0.05) is 12.5 Å². The van der Waals surface area contributed by atoms with Gasteiger partial charge in [-0.05, 0) is 30.2 Å². The van der Waals surface area contributed by atoms with Gasteiger partial charge in [-0.1, -0.05) is 35.9 Å². The Morgan fingerprint density at radius 1 is 1.05 bits per heavy atom. The van der Waals surface area contributed by atoms with Crippen LogP contribution in [0.4, 0.5) is 8.78 Å². The number of hydrogen-bond donors (Lipinski definition) is 2. The number of aryl methyl sites for hydroxylation is 1. The Bertz CT molecular complexity index is 601. The fraction of sp³-hybridized carbons (Fsp3) is 0.250. The van der Waals surface area contributed by atoms with Gasteiger partial charge in [-0.2, -0.15) is 0 Å². The standard InChI is InChI=1S/C16H17F2NO/c1-10-3-2-4-11(7-10)13(9-19)16(20)12-5-6-14(17)15(18)8-12/h2-8,13,16,20H,9,19H2,1H3. The fourth-order valence-electron chi connectivity index (χ4n) is 2.28. The lowest BCUT2D eigenvalue weighted by Crippen LogP contribution is -2.20. The van der Waals surface area contributed by atoms with Crippen LogP contribution in [0.5, 0.6) is 0 Å². The highest BCUT2D eigenvalue weighted by molar-refractivity contribution is 5.30. The molecule has 106 valence electrons. The van der Waals surface area contributed by atoms with E-state index in [2.05, 4.69) is 0 Å². The molecule has 4 heteroatoms. The lowest BCUT2D eigenvalue weighted by molar-refractivity contribution is 0.147. The number of hydrogen-bond acceptors (Lipinski definition) is 2. The molecule has 2 rings (SSSR count). The molecule has 2 unspecified atom stereocenters. The zero-order valence-electron chi connectivity index (χ0n) is 11.2. The molecule has 0 spiro atoms. The molecule has 0 aromatic heterocycles. The van der Waals surface area contributed by atoms with Crippen LogP contribution in [-0.2, 0) is 0 Å². The molecule has 0 heterocycles. The summed E-state index contributed by atoms with van der Waals surface area (Å²) in [6, 6.07) is 11.0. The Labute approximate surface area is 116 Å². The monoisotopic (exact) mass is 277 g/mol. The van der Waals surface area contributed by atoms with Crippen molar-refractivity contribution in [3.05, 3.63) is 70.8 Å². The van der Waals surface area contributed by atoms with E-state index in [1.807, 2.05) is 31.2 Å². The van der Waals surface area contributed by atoms with Crippen molar-refractivity contribution >= 4 is 0 Å². The van der Waals surface area contributed by atoms with Gasteiger partial charge in [0.05, 0.1) is 6.10 Å². The van der Waals surface area contributed by atoms with Crippen LogP contribution in [0.2, 0.25) is 0 Å². The van der Waals surface area contributed by atoms with Crippen molar-refractivity contribution in [2.24, 2.45) is 5.73 Å². The van der Waals surface area contributed by atoms with Gasteiger partial charge >= 0.3 is 0 Å². The van der Waals surface area contributed by atoms with E-state index in [1.54, 1.807) is 0 Å². The number of rotatable bonds is 4. The Kier molecular flexibility index (Phi) is 4.47. The Hall–Kier alpha value is -1.78. The molecular formula is C16H17F2NO. The highest BCUT2D eigenvalue weighted by Crippen LogP contribution is 2.31. The predicted molar refractivity (Wildman–Crippen MR) is 74.3 cm³/mol. The molecular weight excluding hydrogens is 260 g/mol. The SMILES string of the molecule is Cc1cccc(C(CN)C(O)c2ccc(F)c(F)c2)c1. The first-order chi connectivity index (χ1) is 9.52. The summed E-state index contributed by atoms with van der Waals surface area (Å²) in [6.45, 7) is 2.16. The largest absolute Gasteiger partial charge is 0.388 e. The van der Waals surface area contributed by atoms with Crippen molar-refractivity contribution in [3.8, 4) is 0 Å². The quantitative estimate of drug-likeness (QED) is 0.902. The van der Waals surface area contributed by atoms with E-state index >= 15 is 0 Å². The summed E-state index contributed by atoms with van der Waals surface area (Å²) < 4.78 is 26.2. The number of aliphatic hydroxyl groups is 1. The van der Waals surface area contributed by atoms with E-state index in [9.17, 15) is 13.9 Å². The minimum absolute atomic E-state index is 0.212. The first-order valence-corrected chi connectivity index (χ1v) is 6.42. The van der Waals surface area contributed by atoms with Crippen molar-refractivity contribution in [2.45, 2.75) is 18.9 Å². The Morgan fingerprint density at radius 2 is 1.80 bits per heavy atom. The summed E-state index contributed by atoms with van der Waals surface area (Å²) >= 11 is 0. The minimum atomic E-state index is -0.975. The summed E-state index contributed by atoms with van der Waals surface area (Å²) in [7, 11) is 0. The van der Waals surface area contributed by atoms with Gasteiger partial charge in [0.2, 0.25) is 0 Å². The first kappa shape index (κ1) is 14.6. The average molecular weight is 277 g/mol. The molecule has 0 saturated carbocycles. The van der Waals surface area contributed by atoms with Crippen LogP contribution < -0.4 is 5.73 Å². The lowest BCUT2D eigenvalue weighted by Gasteiger charge is -2.22. The van der Waals surface area contributed by atoms with Gasteiger partial charge in [0.1, 0.15) is 0 Å². The van der Waals surface area contributed by atoms with E-state index in [0.29, 0.717) is 5.56 Å². The Balaban J connectivity index is 2.33. The molecule has 0 saturated heterocycles. The molecule has 3 N–H and O–H groups in total. The fourth-order valence-corrected chi connectivity index (χ4v) is 2.28. The van der Waals surface area contributed by atoms with Crippen LogP contribution in [0, 0.1) is 18.6 Å².